The van der Waals surface area contributed by atoms with E-state index in [0.29, 0.717) is 18.5 Å². The van der Waals surface area contributed by atoms with Crippen LogP contribution in [0.4, 0.5) is 10.5 Å². The minimum Gasteiger partial charge on any atom is -0.336 e. The number of benzene rings is 1. The molecule has 0 aromatic heterocycles. The Kier molecular flexibility index (Phi) is 7.92. The highest BCUT2D eigenvalue weighted by atomic mass is 32.2. The summed E-state index contributed by atoms with van der Waals surface area (Å²) in [6, 6.07) is 8.28. The molecule has 0 heterocycles. The van der Waals surface area contributed by atoms with Crippen LogP contribution in [-0.4, -0.2) is 43.4 Å². The van der Waals surface area contributed by atoms with Gasteiger partial charge in [-0.05, 0) is 50.7 Å². The van der Waals surface area contributed by atoms with Crippen molar-refractivity contribution < 1.29 is 4.79 Å². The van der Waals surface area contributed by atoms with Gasteiger partial charge in [0.1, 0.15) is 0 Å². The van der Waals surface area contributed by atoms with E-state index in [1.807, 2.05) is 18.2 Å². The Morgan fingerprint density at radius 2 is 1.96 bits per heavy atom. The lowest BCUT2D eigenvalue weighted by Gasteiger charge is -2.35. The van der Waals surface area contributed by atoms with E-state index in [2.05, 4.69) is 42.6 Å². The summed E-state index contributed by atoms with van der Waals surface area (Å²) in [6.07, 6.45) is 6.56. The van der Waals surface area contributed by atoms with E-state index in [4.69, 9.17) is 0 Å². The molecule has 2 N–H and O–H groups in total. The number of carbonyl (C=O) groups is 1. The van der Waals surface area contributed by atoms with Crippen molar-refractivity contribution in [3.63, 3.8) is 0 Å². The van der Waals surface area contributed by atoms with Crippen molar-refractivity contribution in [2.24, 2.45) is 5.92 Å². The summed E-state index contributed by atoms with van der Waals surface area (Å²) in [7, 11) is 4.23. The van der Waals surface area contributed by atoms with Crippen LogP contribution in [0.25, 0.3) is 0 Å². The van der Waals surface area contributed by atoms with Crippen LogP contribution in [0.3, 0.4) is 0 Å². The summed E-state index contributed by atoms with van der Waals surface area (Å²) < 4.78 is 0. The van der Waals surface area contributed by atoms with Crippen LogP contribution in [0.2, 0.25) is 0 Å². The third kappa shape index (κ3) is 5.71. The summed E-state index contributed by atoms with van der Waals surface area (Å²) in [5.41, 5.74) is 0.890. The average Bonchev–Trinajstić information content (AvgIpc) is 2.58. The van der Waals surface area contributed by atoms with Crippen molar-refractivity contribution in [3.8, 4) is 0 Å². The second kappa shape index (κ2) is 9.94. The first kappa shape index (κ1) is 19.1. The number of para-hydroxylation sites is 1. The van der Waals surface area contributed by atoms with Gasteiger partial charge in [0.2, 0.25) is 0 Å². The number of thioether (sulfide) groups is 1. The van der Waals surface area contributed by atoms with E-state index >= 15 is 0 Å². The van der Waals surface area contributed by atoms with E-state index in [1.54, 1.807) is 11.8 Å². The van der Waals surface area contributed by atoms with Gasteiger partial charge in [-0.3, -0.25) is 0 Å². The summed E-state index contributed by atoms with van der Waals surface area (Å²) in [5.74, 6) is 1.68. The van der Waals surface area contributed by atoms with Crippen LogP contribution in [0.1, 0.15) is 39.0 Å². The first-order valence-electron chi connectivity index (χ1n) is 9.05. The van der Waals surface area contributed by atoms with Gasteiger partial charge >= 0.3 is 6.03 Å². The fourth-order valence-electron chi connectivity index (χ4n) is 3.50. The predicted molar refractivity (Wildman–Crippen MR) is 104 cm³/mol. The van der Waals surface area contributed by atoms with Gasteiger partial charge in [-0.1, -0.05) is 38.3 Å². The van der Waals surface area contributed by atoms with Crippen molar-refractivity contribution in [2.45, 2.75) is 50.0 Å². The maximum Gasteiger partial charge on any atom is 0.319 e. The first-order chi connectivity index (χ1) is 11.6. The monoisotopic (exact) mass is 349 g/mol. The Labute approximate surface area is 150 Å². The summed E-state index contributed by atoms with van der Waals surface area (Å²) >= 11 is 1.75. The molecule has 1 aliphatic carbocycles. The molecule has 1 atom stereocenters. The lowest BCUT2D eigenvalue weighted by atomic mass is 9.83. The molecule has 4 nitrogen and oxygen atoms in total. The number of nitrogens with one attached hydrogen (secondary N) is 2. The number of hydrogen-bond acceptors (Lipinski definition) is 3. The third-order valence-corrected chi connectivity index (χ3v) is 5.72. The smallest absolute Gasteiger partial charge is 0.319 e. The van der Waals surface area contributed by atoms with Crippen molar-refractivity contribution >= 4 is 23.5 Å². The highest BCUT2D eigenvalue weighted by Crippen LogP contribution is 2.28. The molecule has 0 saturated heterocycles. The van der Waals surface area contributed by atoms with Crippen LogP contribution in [0.15, 0.2) is 29.2 Å². The minimum absolute atomic E-state index is 0.109. The minimum atomic E-state index is -0.109. The fraction of sp³-hybridized carbons (Fsp3) is 0.632. The summed E-state index contributed by atoms with van der Waals surface area (Å²) in [6.45, 7) is 2.82. The Bertz CT molecular complexity index is 515. The molecule has 2 amide bonds. The van der Waals surface area contributed by atoms with Gasteiger partial charge in [-0.15, -0.1) is 11.8 Å². The molecule has 0 aliphatic heterocycles. The molecule has 0 unspecified atom stereocenters. The Morgan fingerprint density at radius 3 is 2.62 bits per heavy atom. The first-order valence-corrected chi connectivity index (χ1v) is 10.0. The van der Waals surface area contributed by atoms with E-state index in [9.17, 15) is 4.79 Å². The molecule has 0 spiro atoms. The number of amides is 2. The fourth-order valence-corrected chi connectivity index (χ4v) is 4.27. The van der Waals surface area contributed by atoms with Crippen LogP contribution in [0, 0.1) is 5.92 Å². The molecule has 1 fully saturated rings. The molecule has 0 bridgehead atoms. The highest BCUT2D eigenvalue weighted by Gasteiger charge is 2.25. The SMILES string of the molecule is CCSc1ccccc1NC(=O)NC[C@H](C1CCCCC1)N(C)C. The quantitative estimate of drug-likeness (QED) is 0.716. The van der Waals surface area contributed by atoms with Crippen LogP contribution in [0.5, 0.6) is 0 Å². The molecule has 1 aromatic rings. The zero-order chi connectivity index (χ0) is 17.4. The van der Waals surface area contributed by atoms with E-state index < -0.39 is 0 Å². The molecule has 1 aromatic carbocycles. The molecule has 2 rings (SSSR count). The Balaban J connectivity index is 1.89. The van der Waals surface area contributed by atoms with E-state index in [-0.39, 0.29) is 6.03 Å². The maximum absolute atomic E-state index is 12.3. The zero-order valence-corrected chi connectivity index (χ0v) is 16.0. The van der Waals surface area contributed by atoms with Crippen LogP contribution in [-0.2, 0) is 0 Å². The van der Waals surface area contributed by atoms with Gasteiger partial charge < -0.3 is 15.5 Å². The second-order valence-electron chi connectivity index (χ2n) is 6.69. The number of urea groups is 1. The Morgan fingerprint density at radius 1 is 1.25 bits per heavy atom. The van der Waals surface area contributed by atoms with Crippen molar-refractivity contribution in [1.82, 2.24) is 10.2 Å². The topological polar surface area (TPSA) is 44.4 Å². The van der Waals surface area contributed by atoms with Gasteiger partial charge in [0, 0.05) is 17.5 Å². The maximum atomic E-state index is 12.3. The average molecular weight is 350 g/mol. The highest BCUT2D eigenvalue weighted by molar-refractivity contribution is 7.99. The molecule has 0 radical (unpaired) electrons. The largest absolute Gasteiger partial charge is 0.336 e. The zero-order valence-electron chi connectivity index (χ0n) is 15.2. The number of carbonyl (C=O) groups excluding carboxylic acids is 1. The molecule has 1 saturated carbocycles. The number of anilines is 1. The van der Waals surface area contributed by atoms with Crippen molar-refractivity contribution in [3.05, 3.63) is 24.3 Å². The number of rotatable bonds is 7. The summed E-state index contributed by atoms with van der Waals surface area (Å²) in [5, 5.41) is 6.08. The molecular weight excluding hydrogens is 318 g/mol. The van der Waals surface area contributed by atoms with Crippen molar-refractivity contribution in [1.29, 1.82) is 0 Å². The van der Waals surface area contributed by atoms with Gasteiger partial charge in [0.25, 0.3) is 0 Å². The standard InChI is InChI=1S/C19H31N3OS/c1-4-24-18-13-9-8-12-16(18)21-19(23)20-14-17(22(2)3)15-10-6-5-7-11-15/h8-9,12-13,15,17H,4-7,10-11,14H2,1-3H3,(H2,20,21,23)/t17-/m1/s1. The van der Waals surface area contributed by atoms with Crippen LogP contribution < -0.4 is 10.6 Å². The molecule has 134 valence electrons. The summed E-state index contributed by atoms with van der Waals surface area (Å²) in [4.78, 5) is 15.7. The lowest BCUT2D eigenvalue weighted by molar-refractivity contribution is 0.167. The van der Waals surface area contributed by atoms with Crippen molar-refractivity contribution in [2.75, 3.05) is 31.7 Å². The molecular formula is C19H31N3OS. The lowest BCUT2D eigenvalue weighted by Crippen LogP contribution is -2.46. The molecule has 24 heavy (non-hydrogen) atoms. The molecule has 5 heteroatoms. The molecule has 1 aliphatic rings. The normalized spacial score (nSPS) is 16.8. The van der Waals surface area contributed by atoms with Gasteiger partial charge in [-0.25, -0.2) is 4.79 Å². The van der Waals surface area contributed by atoms with E-state index in [1.165, 1.54) is 32.1 Å². The van der Waals surface area contributed by atoms with Gasteiger partial charge in [-0.2, -0.15) is 0 Å². The van der Waals surface area contributed by atoms with Crippen LogP contribution >= 0.6 is 11.8 Å². The van der Waals surface area contributed by atoms with Gasteiger partial charge in [0.15, 0.2) is 0 Å². The number of nitrogens with zero attached hydrogens (tertiary/aromatic N) is 1. The third-order valence-electron chi connectivity index (χ3n) is 4.76. The Hall–Kier alpha value is -1.20. The second-order valence-corrected chi connectivity index (χ2v) is 8.00. The number of likely N-dealkylation sites (N-methyl/N-ethyl adjacent to an activating group) is 1. The predicted octanol–water partition coefficient (Wildman–Crippen LogP) is 4.43. The van der Waals surface area contributed by atoms with E-state index in [0.717, 1.165) is 16.3 Å². The van der Waals surface area contributed by atoms with Gasteiger partial charge in [0.05, 0.1) is 5.69 Å². The number of hydrogen-bond donors (Lipinski definition) is 2.